The lowest BCUT2D eigenvalue weighted by molar-refractivity contribution is -0.132. The largest absolute Gasteiger partial charge is 0.503 e. The Labute approximate surface area is 183 Å². The van der Waals surface area contributed by atoms with Crippen molar-refractivity contribution in [2.45, 2.75) is 64.1 Å². The Morgan fingerprint density at radius 1 is 1.31 bits per heavy atom. The third-order valence-corrected chi connectivity index (χ3v) is 6.67. The molecule has 2 fully saturated rings. The molecule has 1 aromatic carbocycles. The molecule has 0 radical (unpaired) electrons. The fourth-order valence-electron chi connectivity index (χ4n) is 5.05. The molecule has 1 aliphatic carbocycles. The van der Waals surface area contributed by atoms with Crippen LogP contribution in [0.5, 0.6) is 5.75 Å². The molecule has 1 aromatic heterocycles. The highest BCUT2D eigenvalue weighted by Crippen LogP contribution is 2.38. The highest BCUT2D eigenvalue weighted by atomic mass is 19.1. The third-order valence-electron chi connectivity index (χ3n) is 6.67. The minimum atomic E-state index is -0.931. The lowest BCUT2D eigenvalue weighted by Crippen LogP contribution is -2.57. The van der Waals surface area contributed by atoms with E-state index in [-0.39, 0.29) is 35.5 Å². The monoisotopic (exact) mass is 441 g/mol. The quantitative estimate of drug-likeness (QED) is 0.761. The Bertz CT molecular complexity index is 1190. The first-order chi connectivity index (χ1) is 15.2. The lowest BCUT2D eigenvalue weighted by atomic mass is 10.0. The van der Waals surface area contributed by atoms with Gasteiger partial charge >= 0.3 is 0 Å². The van der Waals surface area contributed by atoms with Gasteiger partial charge in [-0.1, -0.05) is 12.1 Å². The molecular weight excluding hydrogens is 417 g/mol. The van der Waals surface area contributed by atoms with Crippen molar-refractivity contribution in [3.8, 4) is 5.75 Å². The zero-order valence-electron chi connectivity index (χ0n) is 17.8. The highest BCUT2D eigenvalue weighted by molar-refractivity contribution is 5.99. The molecule has 2 amide bonds. The first-order valence-electron chi connectivity index (χ1n) is 10.8. The maximum absolute atomic E-state index is 14.3. The van der Waals surface area contributed by atoms with E-state index in [9.17, 15) is 23.9 Å². The number of aromatic nitrogens is 1. The molecule has 0 spiro atoms. The van der Waals surface area contributed by atoms with Gasteiger partial charge in [-0.25, -0.2) is 4.39 Å². The Morgan fingerprint density at radius 2 is 2.09 bits per heavy atom. The number of benzene rings is 1. The van der Waals surface area contributed by atoms with Crippen molar-refractivity contribution in [2.75, 3.05) is 0 Å². The van der Waals surface area contributed by atoms with Crippen LogP contribution in [0.3, 0.4) is 0 Å². The summed E-state index contributed by atoms with van der Waals surface area (Å²) in [6.07, 6.45) is 3.31. The van der Waals surface area contributed by atoms with Gasteiger partial charge in [0.15, 0.2) is 17.7 Å². The summed E-state index contributed by atoms with van der Waals surface area (Å²) in [5, 5.41) is 13.2. The fourth-order valence-corrected chi connectivity index (χ4v) is 5.05. The molecule has 168 valence electrons. The van der Waals surface area contributed by atoms with E-state index in [0.29, 0.717) is 0 Å². The van der Waals surface area contributed by atoms with Gasteiger partial charge in [0.1, 0.15) is 11.4 Å². The lowest BCUT2D eigenvalue weighted by Gasteiger charge is -2.44. The number of ether oxygens (including phenoxy) is 1. The van der Waals surface area contributed by atoms with E-state index in [1.54, 1.807) is 30.9 Å². The first-order valence-corrected chi connectivity index (χ1v) is 10.8. The van der Waals surface area contributed by atoms with Gasteiger partial charge in [-0.2, -0.15) is 0 Å². The first kappa shape index (κ1) is 20.7. The summed E-state index contributed by atoms with van der Waals surface area (Å²) in [5.41, 5.74) is -0.345. The standard InChI is InChI=1S/C23H24FN3O5/c1-11-3-6-15(17(24)7-11)12(2)25-22(30)16-9-26-10-18-27(13-4-5-14(8-13)32-18)23(31)19(26)21(29)20(16)28/h3,6-7,9,12-14,18,29H,4-5,8,10H2,1-2H3,(H,25,30)/t12-,13-,14+,18+/m1/s1. The van der Waals surface area contributed by atoms with E-state index in [2.05, 4.69) is 5.32 Å². The van der Waals surface area contributed by atoms with Gasteiger partial charge < -0.3 is 24.6 Å². The molecule has 2 N–H and O–H groups in total. The predicted molar refractivity (Wildman–Crippen MR) is 112 cm³/mol. The topological polar surface area (TPSA) is 101 Å². The van der Waals surface area contributed by atoms with Crippen LogP contribution in [-0.2, 0) is 11.3 Å². The molecule has 2 aliphatic heterocycles. The number of carbonyl (C=O) groups excluding carboxylic acids is 2. The molecular formula is C23H24FN3O5. The molecule has 9 heteroatoms. The van der Waals surface area contributed by atoms with Crippen molar-refractivity contribution in [1.29, 1.82) is 0 Å². The fraction of sp³-hybridized carbons (Fsp3) is 0.435. The van der Waals surface area contributed by atoms with Gasteiger partial charge in [-0.15, -0.1) is 0 Å². The van der Waals surface area contributed by atoms with Crippen molar-refractivity contribution in [3.05, 3.63) is 62.8 Å². The molecule has 8 nitrogen and oxygen atoms in total. The van der Waals surface area contributed by atoms with E-state index in [1.807, 2.05) is 0 Å². The van der Waals surface area contributed by atoms with Crippen molar-refractivity contribution in [2.24, 2.45) is 0 Å². The maximum Gasteiger partial charge on any atom is 0.276 e. The van der Waals surface area contributed by atoms with Crippen LogP contribution in [0.1, 0.15) is 64.2 Å². The average Bonchev–Trinajstić information content (AvgIpc) is 3.11. The number of aromatic hydroxyl groups is 1. The number of rotatable bonds is 3. The summed E-state index contributed by atoms with van der Waals surface area (Å²) >= 11 is 0. The number of nitrogens with zero attached hydrogens (tertiary/aromatic N) is 2. The summed E-state index contributed by atoms with van der Waals surface area (Å²) in [6, 6.07) is 4.00. The smallest absolute Gasteiger partial charge is 0.276 e. The summed E-state index contributed by atoms with van der Waals surface area (Å²) < 4.78 is 21.7. The van der Waals surface area contributed by atoms with Gasteiger partial charge in [0, 0.05) is 17.8 Å². The van der Waals surface area contributed by atoms with Crippen LogP contribution in [0.15, 0.2) is 29.2 Å². The third kappa shape index (κ3) is 3.19. The van der Waals surface area contributed by atoms with Crippen molar-refractivity contribution < 1.29 is 23.8 Å². The van der Waals surface area contributed by atoms with E-state index >= 15 is 0 Å². The molecule has 1 saturated carbocycles. The van der Waals surface area contributed by atoms with Crippen LogP contribution in [0.25, 0.3) is 0 Å². The van der Waals surface area contributed by atoms with Crippen LogP contribution >= 0.6 is 0 Å². The summed E-state index contributed by atoms with van der Waals surface area (Å²) in [7, 11) is 0. The summed E-state index contributed by atoms with van der Waals surface area (Å²) in [5.74, 6) is -2.44. The number of fused-ring (bicyclic) bond motifs is 5. The second kappa shape index (κ2) is 7.44. The van der Waals surface area contributed by atoms with Crippen molar-refractivity contribution >= 4 is 11.8 Å². The van der Waals surface area contributed by atoms with Gasteiger partial charge in [-0.05, 0) is 44.7 Å². The van der Waals surface area contributed by atoms with Crippen LogP contribution in [0, 0.1) is 12.7 Å². The van der Waals surface area contributed by atoms with Crippen molar-refractivity contribution in [1.82, 2.24) is 14.8 Å². The molecule has 4 atom stereocenters. The zero-order valence-corrected chi connectivity index (χ0v) is 17.8. The van der Waals surface area contributed by atoms with Gasteiger partial charge in [0.25, 0.3) is 11.8 Å². The highest BCUT2D eigenvalue weighted by Gasteiger charge is 2.47. The van der Waals surface area contributed by atoms with Crippen LogP contribution in [-0.4, -0.2) is 44.8 Å². The van der Waals surface area contributed by atoms with Crippen LogP contribution in [0.2, 0.25) is 0 Å². The number of pyridine rings is 1. The van der Waals surface area contributed by atoms with Crippen LogP contribution in [0.4, 0.5) is 4.39 Å². The molecule has 3 aliphatic rings. The Morgan fingerprint density at radius 3 is 2.84 bits per heavy atom. The minimum Gasteiger partial charge on any atom is -0.503 e. The molecule has 3 heterocycles. The number of hydrogen-bond acceptors (Lipinski definition) is 5. The zero-order chi connectivity index (χ0) is 22.7. The summed E-state index contributed by atoms with van der Waals surface area (Å²) in [6.45, 7) is 3.58. The number of halogens is 1. The SMILES string of the molecule is Cc1ccc([C@@H](C)NC(=O)c2cn3c(c(O)c2=O)C(=O)N2[C@@H]4CC[C@@H](C4)O[C@H]2C3)c(F)c1. The normalized spacial score (nSPS) is 24.7. The van der Waals surface area contributed by atoms with E-state index in [0.717, 1.165) is 24.8 Å². The maximum atomic E-state index is 14.3. The van der Waals surface area contributed by atoms with Gasteiger partial charge in [-0.3, -0.25) is 14.4 Å². The van der Waals surface area contributed by atoms with Crippen molar-refractivity contribution in [3.63, 3.8) is 0 Å². The van der Waals surface area contributed by atoms with E-state index in [1.165, 1.54) is 16.8 Å². The van der Waals surface area contributed by atoms with E-state index < -0.39 is 41.1 Å². The number of carbonyl (C=O) groups is 2. The Balaban J connectivity index is 1.46. The molecule has 1 saturated heterocycles. The second-order valence-electron chi connectivity index (χ2n) is 8.83. The Hall–Kier alpha value is -3.20. The van der Waals surface area contributed by atoms with Crippen LogP contribution < -0.4 is 10.7 Å². The molecule has 2 bridgehead atoms. The number of hydrogen-bond donors (Lipinski definition) is 2. The van der Waals surface area contributed by atoms with Gasteiger partial charge in [0.2, 0.25) is 5.43 Å². The average molecular weight is 441 g/mol. The molecule has 32 heavy (non-hydrogen) atoms. The second-order valence-corrected chi connectivity index (χ2v) is 8.83. The summed E-state index contributed by atoms with van der Waals surface area (Å²) in [4.78, 5) is 40.4. The number of aryl methyl sites for hydroxylation is 1. The molecule has 2 aromatic rings. The van der Waals surface area contributed by atoms with E-state index in [4.69, 9.17) is 4.74 Å². The molecule has 5 rings (SSSR count). The number of amides is 2. The predicted octanol–water partition coefficient (Wildman–Crippen LogP) is 2.23. The minimum absolute atomic E-state index is 0.0303. The van der Waals surface area contributed by atoms with Gasteiger partial charge in [0.05, 0.1) is 18.7 Å². The molecule has 0 unspecified atom stereocenters. The Kier molecular flexibility index (Phi) is 4.81. The number of nitrogens with one attached hydrogen (secondary N) is 1.